The van der Waals surface area contributed by atoms with E-state index in [1.165, 1.54) is 0 Å². The molecule has 0 spiro atoms. The Morgan fingerprint density at radius 1 is 1.21 bits per heavy atom. The molecule has 2 aromatic heterocycles. The fraction of sp³-hybridized carbons (Fsp3) is 0.250. The second kappa shape index (κ2) is 6.04. The van der Waals surface area contributed by atoms with Gasteiger partial charge in [0.25, 0.3) is 0 Å². The predicted molar refractivity (Wildman–Crippen MR) is 90.3 cm³/mol. The molecule has 3 heterocycles. The largest absolute Gasteiger partial charge is 0.454 e. The molecule has 1 atom stereocenters. The van der Waals surface area contributed by atoms with Crippen LogP contribution in [0.3, 0.4) is 0 Å². The lowest BCUT2D eigenvalue weighted by molar-refractivity contribution is 0.174. The lowest BCUT2D eigenvalue weighted by Crippen LogP contribution is -2.10. The zero-order chi connectivity index (χ0) is 16.5. The lowest BCUT2D eigenvalue weighted by Gasteiger charge is -2.11. The molecule has 0 radical (unpaired) electrons. The van der Waals surface area contributed by atoms with Gasteiger partial charge in [0.05, 0.1) is 28.6 Å². The molecule has 7 nitrogen and oxygen atoms in total. The van der Waals surface area contributed by atoms with Crippen LogP contribution < -0.4 is 14.8 Å². The van der Waals surface area contributed by atoms with Gasteiger partial charge in [0.15, 0.2) is 11.5 Å². The quantitative estimate of drug-likeness (QED) is 0.780. The summed E-state index contributed by atoms with van der Waals surface area (Å²) in [6.45, 7) is 4.25. The van der Waals surface area contributed by atoms with Crippen molar-refractivity contribution in [3.05, 3.63) is 40.5 Å². The number of aromatic nitrogens is 4. The van der Waals surface area contributed by atoms with Gasteiger partial charge in [-0.05, 0) is 32.0 Å². The molecule has 1 N–H and O–H groups in total. The van der Waals surface area contributed by atoms with Crippen LogP contribution in [0.2, 0.25) is 0 Å². The highest BCUT2D eigenvalue weighted by Gasteiger charge is 2.15. The Labute approximate surface area is 142 Å². The van der Waals surface area contributed by atoms with Gasteiger partial charge in [-0.1, -0.05) is 0 Å². The standard InChI is InChI=1S/C16H15N5O2S/c1-9(13-7-24-10(2)19-13)18-16-20-12(6-17-21-16)11-3-4-14-15(5-11)23-8-22-14/h3-7,9H,8H2,1-2H3,(H,18,20,21). The van der Waals surface area contributed by atoms with Gasteiger partial charge in [0.2, 0.25) is 12.7 Å². The number of ether oxygens (including phenoxy) is 2. The molecule has 0 amide bonds. The van der Waals surface area contributed by atoms with Gasteiger partial charge in [-0.15, -0.1) is 16.4 Å². The summed E-state index contributed by atoms with van der Waals surface area (Å²) in [5.74, 6) is 1.92. The normalized spacial score (nSPS) is 13.8. The van der Waals surface area contributed by atoms with E-state index in [0.29, 0.717) is 17.4 Å². The highest BCUT2D eigenvalue weighted by atomic mass is 32.1. The second-order valence-electron chi connectivity index (χ2n) is 5.39. The minimum Gasteiger partial charge on any atom is -0.454 e. The molecule has 0 bridgehead atoms. The smallest absolute Gasteiger partial charge is 0.243 e. The van der Waals surface area contributed by atoms with Crippen molar-refractivity contribution in [2.45, 2.75) is 19.9 Å². The molecular weight excluding hydrogens is 326 g/mol. The first-order chi connectivity index (χ1) is 11.7. The first-order valence-electron chi connectivity index (χ1n) is 7.47. The van der Waals surface area contributed by atoms with Crippen molar-refractivity contribution in [2.75, 3.05) is 12.1 Å². The molecule has 0 saturated carbocycles. The highest BCUT2D eigenvalue weighted by molar-refractivity contribution is 7.09. The SMILES string of the molecule is Cc1nc(C(C)Nc2nncc(-c3ccc4c(c3)OCO4)n2)cs1. The number of hydrogen-bond donors (Lipinski definition) is 1. The number of rotatable bonds is 4. The van der Waals surface area contributed by atoms with E-state index >= 15 is 0 Å². The van der Waals surface area contributed by atoms with Crippen molar-refractivity contribution in [2.24, 2.45) is 0 Å². The number of thiazole rings is 1. The van der Waals surface area contributed by atoms with Crippen molar-refractivity contribution in [1.82, 2.24) is 20.2 Å². The van der Waals surface area contributed by atoms with Crippen molar-refractivity contribution >= 4 is 17.3 Å². The zero-order valence-electron chi connectivity index (χ0n) is 13.2. The second-order valence-corrected chi connectivity index (χ2v) is 6.45. The molecule has 1 aliphatic heterocycles. The van der Waals surface area contributed by atoms with Gasteiger partial charge in [0.1, 0.15) is 0 Å². The molecule has 3 aromatic rings. The van der Waals surface area contributed by atoms with Crippen molar-refractivity contribution in [3.63, 3.8) is 0 Å². The molecule has 1 unspecified atom stereocenters. The Hall–Kier alpha value is -2.74. The van der Waals surface area contributed by atoms with Gasteiger partial charge in [-0.3, -0.25) is 0 Å². The van der Waals surface area contributed by atoms with E-state index < -0.39 is 0 Å². The third-order valence-corrected chi connectivity index (χ3v) is 4.44. The Bertz CT molecular complexity index is 882. The number of anilines is 1. The van der Waals surface area contributed by atoms with Crippen LogP contribution in [-0.2, 0) is 0 Å². The summed E-state index contributed by atoms with van der Waals surface area (Å²) in [5, 5.41) is 14.4. The molecule has 4 rings (SSSR count). The van der Waals surface area contributed by atoms with E-state index in [-0.39, 0.29) is 12.8 Å². The Morgan fingerprint density at radius 2 is 2.08 bits per heavy atom. The third-order valence-electron chi connectivity index (χ3n) is 3.65. The number of nitrogens with zero attached hydrogens (tertiary/aromatic N) is 4. The Morgan fingerprint density at radius 3 is 2.92 bits per heavy atom. The van der Waals surface area contributed by atoms with Gasteiger partial charge < -0.3 is 14.8 Å². The fourth-order valence-electron chi connectivity index (χ4n) is 2.41. The van der Waals surface area contributed by atoms with Gasteiger partial charge in [-0.25, -0.2) is 9.97 Å². The van der Waals surface area contributed by atoms with Crippen LogP contribution in [0.4, 0.5) is 5.95 Å². The zero-order valence-corrected chi connectivity index (χ0v) is 14.0. The number of nitrogens with one attached hydrogen (secondary N) is 1. The molecule has 0 aliphatic carbocycles. The molecule has 1 aliphatic rings. The summed E-state index contributed by atoms with van der Waals surface area (Å²) < 4.78 is 10.7. The highest BCUT2D eigenvalue weighted by Crippen LogP contribution is 2.35. The van der Waals surface area contributed by atoms with Crippen LogP contribution in [-0.4, -0.2) is 27.0 Å². The maximum atomic E-state index is 5.41. The van der Waals surface area contributed by atoms with Gasteiger partial charge in [-0.2, -0.15) is 5.10 Å². The average molecular weight is 341 g/mol. The molecule has 24 heavy (non-hydrogen) atoms. The first kappa shape index (κ1) is 14.8. The van der Waals surface area contributed by atoms with Crippen molar-refractivity contribution in [1.29, 1.82) is 0 Å². The molecule has 0 saturated heterocycles. The van der Waals surface area contributed by atoms with Crippen LogP contribution >= 0.6 is 11.3 Å². The van der Waals surface area contributed by atoms with Gasteiger partial charge >= 0.3 is 0 Å². The van der Waals surface area contributed by atoms with Crippen LogP contribution in [0.25, 0.3) is 11.3 Å². The van der Waals surface area contributed by atoms with Gasteiger partial charge in [0, 0.05) is 10.9 Å². The number of aryl methyl sites for hydroxylation is 1. The summed E-state index contributed by atoms with van der Waals surface area (Å²) in [4.78, 5) is 9.01. The fourth-order valence-corrected chi connectivity index (χ4v) is 3.11. The lowest BCUT2D eigenvalue weighted by atomic mass is 10.1. The van der Waals surface area contributed by atoms with E-state index in [4.69, 9.17) is 9.47 Å². The van der Waals surface area contributed by atoms with Crippen LogP contribution in [0.15, 0.2) is 29.8 Å². The maximum Gasteiger partial charge on any atom is 0.243 e. The van der Waals surface area contributed by atoms with Crippen LogP contribution in [0.1, 0.15) is 23.7 Å². The predicted octanol–water partition coefficient (Wildman–Crippen LogP) is 3.21. The maximum absolute atomic E-state index is 5.41. The molecule has 1 aromatic carbocycles. The van der Waals surface area contributed by atoms with E-state index in [9.17, 15) is 0 Å². The number of benzene rings is 1. The van der Waals surface area contributed by atoms with Crippen molar-refractivity contribution < 1.29 is 9.47 Å². The van der Waals surface area contributed by atoms with E-state index in [1.54, 1.807) is 17.5 Å². The molecular formula is C16H15N5O2S. The first-order valence-corrected chi connectivity index (χ1v) is 8.35. The molecule has 122 valence electrons. The summed E-state index contributed by atoms with van der Waals surface area (Å²) in [6, 6.07) is 5.69. The Kier molecular flexibility index (Phi) is 3.73. The summed E-state index contributed by atoms with van der Waals surface area (Å²) in [5.41, 5.74) is 2.58. The number of fused-ring (bicyclic) bond motifs is 1. The molecule has 0 fully saturated rings. The van der Waals surface area contributed by atoms with E-state index in [1.807, 2.05) is 37.4 Å². The minimum absolute atomic E-state index is 0.00348. The average Bonchev–Trinajstić information content (AvgIpc) is 3.23. The van der Waals surface area contributed by atoms with Crippen LogP contribution in [0.5, 0.6) is 11.5 Å². The van der Waals surface area contributed by atoms with E-state index in [2.05, 4.69) is 25.5 Å². The van der Waals surface area contributed by atoms with Crippen LogP contribution in [0, 0.1) is 6.92 Å². The summed E-state index contributed by atoms with van der Waals surface area (Å²) in [7, 11) is 0. The minimum atomic E-state index is 0.00348. The third kappa shape index (κ3) is 2.88. The Balaban J connectivity index is 1.57. The summed E-state index contributed by atoms with van der Waals surface area (Å²) in [6.07, 6.45) is 1.63. The monoisotopic (exact) mass is 341 g/mol. The number of hydrogen-bond acceptors (Lipinski definition) is 8. The topological polar surface area (TPSA) is 82.1 Å². The van der Waals surface area contributed by atoms with Crippen molar-refractivity contribution in [3.8, 4) is 22.8 Å². The summed E-state index contributed by atoms with van der Waals surface area (Å²) >= 11 is 1.62. The molecule has 8 heteroatoms. The van der Waals surface area contributed by atoms with E-state index in [0.717, 1.165) is 22.0 Å².